The molecule has 0 amide bonds. The van der Waals surface area contributed by atoms with E-state index in [4.69, 9.17) is 9.84 Å². The van der Waals surface area contributed by atoms with Gasteiger partial charge in [-0.1, -0.05) is 23.8 Å². The number of hydrogen-bond acceptors (Lipinski definition) is 2. The average molecular weight is 246 g/mol. The molecule has 0 aliphatic carbocycles. The molecular weight excluding hydrogens is 231 g/mol. The third-order valence-electron chi connectivity index (χ3n) is 2.65. The fourth-order valence-corrected chi connectivity index (χ4v) is 1.64. The topological polar surface area (TPSA) is 29.5 Å². The minimum atomic E-state index is -0.415. The van der Waals surface area contributed by atoms with E-state index in [1.165, 1.54) is 6.07 Å². The molecule has 2 nitrogen and oxygen atoms in total. The Hall–Kier alpha value is -1.87. The highest BCUT2D eigenvalue weighted by Crippen LogP contribution is 2.25. The van der Waals surface area contributed by atoms with Crippen LogP contribution in [-0.4, -0.2) is 11.7 Å². The molecule has 18 heavy (non-hydrogen) atoms. The monoisotopic (exact) mass is 246 g/mol. The molecule has 3 heteroatoms. The first-order valence-electron chi connectivity index (χ1n) is 5.83. The highest BCUT2D eigenvalue weighted by Gasteiger charge is 2.05. The van der Waals surface area contributed by atoms with Crippen molar-refractivity contribution in [1.29, 1.82) is 0 Å². The van der Waals surface area contributed by atoms with E-state index >= 15 is 0 Å². The summed E-state index contributed by atoms with van der Waals surface area (Å²) < 4.78 is 19.2. The van der Waals surface area contributed by atoms with Crippen LogP contribution in [0.15, 0.2) is 42.5 Å². The lowest BCUT2D eigenvalue weighted by Crippen LogP contribution is -1.94. The maximum absolute atomic E-state index is 13.7. The average Bonchev–Trinajstić information content (AvgIpc) is 2.36. The third kappa shape index (κ3) is 3.08. The van der Waals surface area contributed by atoms with Gasteiger partial charge in [0.1, 0.15) is 5.75 Å². The van der Waals surface area contributed by atoms with E-state index in [2.05, 4.69) is 0 Å². The molecule has 0 heterocycles. The zero-order valence-corrected chi connectivity index (χ0v) is 10.2. The predicted octanol–water partition coefficient (Wildman–Crippen LogP) is 3.46. The molecule has 0 aromatic heterocycles. The Balaban J connectivity index is 2.16. The van der Waals surface area contributed by atoms with Gasteiger partial charge in [-0.05, 0) is 43.2 Å². The lowest BCUT2D eigenvalue weighted by molar-refractivity contribution is 0.299. The van der Waals surface area contributed by atoms with Gasteiger partial charge in [-0.25, -0.2) is 4.39 Å². The van der Waals surface area contributed by atoms with E-state index in [1.807, 2.05) is 19.1 Å². The second kappa shape index (κ2) is 5.65. The summed E-state index contributed by atoms with van der Waals surface area (Å²) in [5.74, 6) is 0.386. The van der Waals surface area contributed by atoms with Gasteiger partial charge in [0.15, 0.2) is 11.6 Å². The zero-order chi connectivity index (χ0) is 13.0. The zero-order valence-electron chi connectivity index (χ0n) is 10.2. The Morgan fingerprint density at radius 2 is 1.83 bits per heavy atom. The van der Waals surface area contributed by atoms with Crippen molar-refractivity contribution in [1.82, 2.24) is 0 Å². The molecule has 0 radical (unpaired) electrons. The van der Waals surface area contributed by atoms with Crippen molar-refractivity contribution in [2.24, 2.45) is 0 Å². The smallest absolute Gasteiger partial charge is 0.165 e. The third-order valence-corrected chi connectivity index (χ3v) is 2.65. The van der Waals surface area contributed by atoms with Crippen LogP contribution in [0.3, 0.4) is 0 Å². The first kappa shape index (κ1) is 12.6. The van der Waals surface area contributed by atoms with Crippen LogP contribution in [0.2, 0.25) is 0 Å². The summed E-state index contributed by atoms with van der Waals surface area (Å²) in [5.41, 5.74) is 1.88. The van der Waals surface area contributed by atoms with Gasteiger partial charge < -0.3 is 9.84 Å². The molecule has 0 aliphatic heterocycles. The second-order valence-electron chi connectivity index (χ2n) is 4.15. The second-order valence-corrected chi connectivity index (χ2v) is 4.15. The first-order valence-corrected chi connectivity index (χ1v) is 5.83. The van der Waals surface area contributed by atoms with E-state index < -0.39 is 5.82 Å². The van der Waals surface area contributed by atoms with Crippen molar-refractivity contribution in [3.8, 4) is 11.5 Å². The summed E-state index contributed by atoms with van der Waals surface area (Å²) in [4.78, 5) is 0. The molecule has 0 saturated carbocycles. The highest BCUT2D eigenvalue weighted by molar-refractivity contribution is 5.35. The lowest BCUT2D eigenvalue weighted by atomic mass is 10.1. The van der Waals surface area contributed by atoms with Gasteiger partial charge in [0.25, 0.3) is 0 Å². The number of aryl methyl sites for hydroxylation is 1. The van der Waals surface area contributed by atoms with E-state index in [1.54, 1.807) is 24.3 Å². The van der Waals surface area contributed by atoms with Crippen LogP contribution in [0, 0.1) is 12.7 Å². The highest BCUT2D eigenvalue weighted by atomic mass is 19.1. The molecule has 0 spiro atoms. The van der Waals surface area contributed by atoms with E-state index in [0.29, 0.717) is 12.2 Å². The largest absolute Gasteiger partial charge is 0.454 e. The van der Waals surface area contributed by atoms with Gasteiger partial charge in [-0.3, -0.25) is 0 Å². The molecular formula is C15H15FO2. The summed E-state index contributed by atoms with van der Waals surface area (Å²) in [7, 11) is 0. The Morgan fingerprint density at radius 3 is 2.44 bits per heavy atom. The number of aliphatic hydroxyl groups is 1. The number of halogens is 1. The van der Waals surface area contributed by atoms with Crippen LogP contribution in [0.4, 0.5) is 4.39 Å². The predicted molar refractivity (Wildman–Crippen MR) is 68.4 cm³/mol. The Labute approximate surface area is 106 Å². The van der Waals surface area contributed by atoms with Crippen LogP contribution < -0.4 is 4.74 Å². The summed E-state index contributed by atoms with van der Waals surface area (Å²) in [6.45, 7) is 1.99. The molecule has 2 aromatic rings. The molecule has 94 valence electrons. The summed E-state index contributed by atoms with van der Waals surface area (Å²) in [6, 6.07) is 12.1. The Morgan fingerprint density at radius 1 is 1.11 bits per heavy atom. The fourth-order valence-electron chi connectivity index (χ4n) is 1.64. The van der Waals surface area contributed by atoms with E-state index in [0.717, 1.165) is 11.1 Å². The number of aliphatic hydroxyl groups excluding tert-OH is 1. The van der Waals surface area contributed by atoms with Crippen LogP contribution in [-0.2, 0) is 6.42 Å². The Kier molecular flexibility index (Phi) is 3.95. The van der Waals surface area contributed by atoms with Crippen LogP contribution >= 0.6 is 0 Å². The van der Waals surface area contributed by atoms with Gasteiger partial charge in [-0.15, -0.1) is 0 Å². The van der Waals surface area contributed by atoms with Gasteiger partial charge in [0, 0.05) is 6.61 Å². The fraction of sp³-hybridized carbons (Fsp3) is 0.200. The standard InChI is InChI=1S/C15H15FO2/c1-11-2-5-13(6-3-11)18-15-7-4-12(8-9-17)10-14(15)16/h2-7,10,17H,8-9H2,1H3. The van der Waals surface area contributed by atoms with Crippen molar-refractivity contribution < 1.29 is 14.2 Å². The number of rotatable bonds is 4. The van der Waals surface area contributed by atoms with Crippen molar-refractivity contribution in [3.05, 3.63) is 59.4 Å². The van der Waals surface area contributed by atoms with Gasteiger partial charge in [0.05, 0.1) is 0 Å². The maximum Gasteiger partial charge on any atom is 0.165 e. The number of hydrogen-bond donors (Lipinski definition) is 1. The van der Waals surface area contributed by atoms with Gasteiger partial charge in [0.2, 0.25) is 0 Å². The van der Waals surface area contributed by atoms with Gasteiger partial charge >= 0.3 is 0 Å². The van der Waals surface area contributed by atoms with E-state index in [9.17, 15) is 4.39 Å². The number of ether oxygens (including phenoxy) is 1. The molecule has 2 rings (SSSR count). The summed E-state index contributed by atoms with van der Waals surface area (Å²) >= 11 is 0. The van der Waals surface area contributed by atoms with E-state index in [-0.39, 0.29) is 12.4 Å². The SMILES string of the molecule is Cc1ccc(Oc2ccc(CCO)cc2F)cc1. The van der Waals surface area contributed by atoms with Crippen molar-refractivity contribution >= 4 is 0 Å². The summed E-state index contributed by atoms with van der Waals surface area (Å²) in [5, 5.41) is 8.79. The normalized spacial score (nSPS) is 10.4. The van der Waals surface area contributed by atoms with Crippen molar-refractivity contribution in [2.45, 2.75) is 13.3 Å². The van der Waals surface area contributed by atoms with Crippen LogP contribution in [0.5, 0.6) is 11.5 Å². The van der Waals surface area contributed by atoms with Crippen LogP contribution in [0.1, 0.15) is 11.1 Å². The van der Waals surface area contributed by atoms with Crippen LogP contribution in [0.25, 0.3) is 0 Å². The molecule has 0 fully saturated rings. The molecule has 0 aliphatic rings. The molecule has 0 atom stereocenters. The molecule has 2 aromatic carbocycles. The molecule has 1 N–H and O–H groups in total. The quantitative estimate of drug-likeness (QED) is 0.895. The first-order chi connectivity index (χ1) is 8.69. The molecule has 0 unspecified atom stereocenters. The molecule has 0 saturated heterocycles. The molecule has 0 bridgehead atoms. The van der Waals surface area contributed by atoms with Gasteiger partial charge in [-0.2, -0.15) is 0 Å². The van der Waals surface area contributed by atoms with Crippen molar-refractivity contribution in [2.75, 3.05) is 6.61 Å². The minimum absolute atomic E-state index is 0.0115. The minimum Gasteiger partial charge on any atom is -0.454 e. The Bertz CT molecular complexity index is 521. The van der Waals surface area contributed by atoms with Crippen molar-refractivity contribution in [3.63, 3.8) is 0 Å². The maximum atomic E-state index is 13.7. The number of benzene rings is 2. The lowest BCUT2D eigenvalue weighted by Gasteiger charge is -2.08. The summed E-state index contributed by atoms with van der Waals surface area (Å²) in [6.07, 6.45) is 0.446.